The molecule has 0 amide bonds. The Hall–Kier alpha value is -2.68. The van der Waals surface area contributed by atoms with Crippen molar-refractivity contribution < 1.29 is 19.2 Å². The monoisotopic (exact) mass is 421 g/mol. The number of nitro benzene ring substituents is 1. The van der Waals surface area contributed by atoms with Crippen molar-refractivity contribution in [2.24, 2.45) is 0 Å². The first kappa shape index (κ1) is 22.6. The molecule has 0 aliphatic carbocycles. The molecule has 1 atom stereocenters. The Morgan fingerprint density at radius 1 is 1.34 bits per heavy atom. The van der Waals surface area contributed by atoms with Gasteiger partial charge < -0.3 is 19.7 Å². The number of carbonyl (C=O) groups excluding carboxylic acids is 1. The van der Waals surface area contributed by atoms with Gasteiger partial charge in [0.25, 0.3) is 0 Å². The van der Waals surface area contributed by atoms with E-state index in [-0.39, 0.29) is 23.0 Å². The van der Waals surface area contributed by atoms with Crippen molar-refractivity contribution in [2.45, 2.75) is 46.6 Å². The lowest BCUT2D eigenvalue weighted by Gasteiger charge is -2.37. The van der Waals surface area contributed by atoms with Crippen LogP contribution in [0.15, 0.2) is 23.4 Å². The minimum atomic E-state index is -0.610. The third-order valence-electron chi connectivity index (χ3n) is 4.68. The van der Waals surface area contributed by atoms with Gasteiger partial charge in [0.1, 0.15) is 0 Å². The molecule has 1 aliphatic rings. The van der Waals surface area contributed by atoms with E-state index in [2.05, 4.69) is 5.32 Å². The zero-order valence-corrected chi connectivity index (χ0v) is 18.2. The molecule has 1 N–H and O–H groups in total. The van der Waals surface area contributed by atoms with Crippen molar-refractivity contribution in [1.82, 2.24) is 10.2 Å². The highest BCUT2D eigenvalue weighted by Crippen LogP contribution is 2.42. The molecule has 0 saturated heterocycles. The van der Waals surface area contributed by atoms with Gasteiger partial charge in [0, 0.05) is 23.9 Å². The molecule has 1 aromatic carbocycles. The molecule has 0 aromatic heterocycles. The first-order valence-corrected chi connectivity index (χ1v) is 9.96. The molecule has 0 radical (unpaired) electrons. The molecule has 9 heteroatoms. The molecule has 1 aliphatic heterocycles. The van der Waals surface area contributed by atoms with Gasteiger partial charge in [-0.3, -0.25) is 14.9 Å². The number of ketones is 1. The summed E-state index contributed by atoms with van der Waals surface area (Å²) < 4.78 is 10.9. The fourth-order valence-corrected chi connectivity index (χ4v) is 3.74. The summed E-state index contributed by atoms with van der Waals surface area (Å²) in [6.45, 7) is 8.26. The topological polar surface area (TPSA) is 93.9 Å². The third kappa shape index (κ3) is 4.67. The molecule has 1 aromatic rings. The maximum Gasteiger partial charge on any atom is 0.315 e. The highest BCUT2D eigenvalue weighted by molar-refractivity contribution is 7.80. The van der Waals surface area contributed by atoms with E-state index in [1.807, 2.05) is 25.7 Å². The van der Waals surface area contributed by atoms with Gasteiger partial charge in [0.15, 0.2) is 16.6 Å². The van der Waals surface area contributed by atoms with Crippen LogP contribution in [0.1, 0.15) is 52.1 Å². The van der Waals surface area contributed by atoms with Crippen LogP contribution in [0.5, 0.6) is 11.5 Å². The molecule has 0 bridgehead atoms. The van der Waals surface area contributed by atoms with Gasteiger partial charge in [-0.2, -0.15) is 0 Å². The van der Waals surface area contributed by atoms with Crippen molar-refractivity contribution in [2.75, 3.05) is 20.3 Å². The van der Waals surface area contributed by atoms with Crippen LogP contribution >= 0.6 is 12.2 Å². The van der Waals surface area contributed by atoms with Crippen LogP contribution in [0.3, 0.4) is 0 Å². The number of hydrogen-bond donors (Lipinski definition) is 1. The molecular weight excluding hydrogens is 394 g/mol. The predicted molar refractivity (Wildman–Crippen MR) is 114 cm³/mol. The van der Waals surface area contributed by atoms with E-state index in [4.69, 9.17) is 21.7 Å². The van der Waals surface area contributed by atoms with E-state index in [0.717, 1.165) is 12.1 Å². The highest BCUT2D eigenvalue weighted by Gasteiger charge is 2.34. The van der Waals surface area contributed by atoms with E-state index >= 15 is 0 Å². The number of nitrogens with one attached hydrogen (secondary N) is 1. The fourth-order valence-electron chi connectivity index (χ4n) is 3.39. The summed E-state index contributed by atoms with van der Waals surface area (Å²) in [4.78, 5) is 25.6. The number of ether oxygens (including phenoxy) is 2. The summed E-state index contributed by atoms with van der Waals surface area (Å²) in [5, 5.41) is 15.4. The van der Waals surface area contributed by atoms with Gasteiger partial charge in [-0.15, -0.1) is 0 Å². The van der Waals surface area contributed by atoms with Crippen molar-refractivity contribution in [1.29, 1.82) is 0 Å². The van der Waals surface area contributed by atoms with Crippen LogP contribution in [0.4, 0.5) is 5.69 Å². The number of nitro groups is 1. The molecule has 0 fully saturated rings. The van der Waals surface area contributed by atoms with E-state index in [1.54, 1.807) is 6.07 Å². The Morgan fingerprint density at radius 3 is 2.55 bits per heavy atom. The molecule has 1 unspecified atom stereocenters. The first-order valence-electron chi connectivity index (χ1n) is 9.55. The zero-order valence-electron chi connectivity index (χ0n) is 17.4. The van der Waals surface area contributed by atoms with Gasteiger partial charge in [0.05, 0.1) is 24.7 Å². The van der Waals surface area contributed by atoms with E-state index in [9.17, 15) is 14.9 Å². The molecule has 2 rings (SSSR count). The smallest absolute Gasteiger partial charge is 0.315 e. The average molecular weight is 422 g/mol. The number of hydrogen-bond acceptors (Lipinski definition) is 6. The van der Waals surface area contributed by atoms with Gasteiger partial charge in [-0.1, -0.05) is 13.8 Å². The quantitative estimate of drug-likeness (QED) is 0.365. The maximum atomic E-state index is 12.5. The Balaban J connectivity index is 2.65. The lowest BCUT2D eigenvalue weighted by atomic mass is 9.91. The number of nitrogens with zero attached hydrogens (tertiary/aromatic N) is 2. The van der Waals surface area contributed by atoms with E-state index in [1.165, 1.54) is 20.1 Å². The van der Waals surface area contributed by atoms with Crippen LogP contribution in [0, 0.1) is 10.1 Å². The summed E-state index contributed by atoms with van der Waals surface area (Å²) in [7, 11) is 1.43. The molecule has 0 spiro atoms. The van der Waals surface area contributed by atoms with Crippen LogP contribution in [-0.4, -0.2) is 41.0 Å². The van der Waals surface area contributed by atoms with Crippen molar-refractivity contribution in [3.05, 3.63) is 39.1 Å². The number of methoxy groups -OCH3 is 1. The molecule has 1 heterocycles. The minimum absolute atomic E-state index is 0.0826. The lowest BCUT2D eigenvalue weighted by molar-refractivity contribution is -0.386. The SMILES string of the molecule is CCCOc1c(OC)cc(C2NC(=S)N(CCC)C(C)=C2C(C)=O)cc1[N+](=O)[O-]. The minimum Gasteiger partial charge on any atom is -0.493 e. The summed E-state index contributed by atoms with van der Waals surface area (Å²) in [6, 6.07) is 2.46. The summed E-state index contributed by atoms with van der Waals surface area (Å²) >= 11 is 5.49. The van der Waals surface area contributed by atoms with Gasteiger partial charge in [-0.05, 0) is 50.5 Å². The summed E-state index contributed by atoms with van der Waals surface area (Å²) in [6.07, 6.45) is 1.56. The lowest BCUT2D eigenvalue weighted by Crippen LogP contribution is -2.47. The molecule has 8 nitrogen and oxygen atoms in total. The second kappa shape index (κ2) is 9.69. The van der Waals surface area contributed by atoms with Gasteiger partial charge >= 0.3 is 5.69 Å². The van der Waals surface area contributed by atoms with Crippen molar-refractivity contribution >= 4 is 28.8 Å². The van der Waals surface area contributed by atoms with Crippen molar-refractivity contribution in [3.8, 4) is 11.5 Å². The number of carbonyl (C=O) groups is 1. The number of rotatable bonds is 9. The molecular formula is C20H27N3O5S. The zero-order chi connectivity index (χ0) is 21.7. The highest BCUT2D eigenvalue weighted by atomic mass is 32.1. The Labute approximate surface area is 176 Å². The number of Topliss-reactive ketones (excluding diaryl/α,β-unsaturated/α-hetero) is 1. The van der Waals surface area contributed by atoms with Crippen LogP contribution < -0.4 is 14.8 Å². The Kier molecular flexibility index (Phi) is 7.55. The van der Waals surface area contributed by atoms with Gasteiger partial charge in [-0.25, -0.2) is 0 Å². The van der Waals surface area contributed by atoms with Crippen molar-refractivity contribution in [3.63, 3.8) is 0 Å². The van der Waals surface area contributed by atoms with E-state index < -0.39 is 11.0 Å². The largest absolute Gasteiger partial charge is 0.493 e. The molecule has 29 heavy (non-hydrogen) atoms. The van der Waals surface area contributed by atoms with Crippen LogP contribution in [0.25, 0.3) is 0 Å². The second-order valence-electron chi connectivity index (χ2n) is 6.77. The third-order valence-corrected chi connectivity index (χ3v) is 5.02. The number of benzene rings is 1. The summed E-state index contributed by atoms with van der Waals surface area (Å²) in [5.74, 6) is 0.197. The van der Waals surface area contributed by atoms with Crippen LogP contribution in [0.2, 0.25) is 0 Å². The normalized spacial score (nSPS) is 16.5. The standard InChI is InChI=1S/C20H27N3O5S/c1-6-8-22-12(3)17(13(4)24)18(21-20(22)29)14-10-15(23(25)26)19(28-9-7-2)16(11-14)27-5/h10-11,18H,6-9H2,1-5H3,(H,21,29). The molecule has 0 saturated carbocycles. The van der Waals surface area contributed by atoms with Gasteiger partial charge in [0.2, 0.25) is 5.75 Å². The second-order valence-corrected chi connectivity index (χ2v) is 7.15. The Morgan fingerprint density at radius 2 is 2.03 bits per heavy atom. The number of allylic oxidation sites excluding steroid dienone is 1. The average Bonchev–Trinajstić information content (AvgIpc) is 2.67. The van der Waals surface area contributed by atoms with Crippen LogP contribution in [-0.2, 0) is 4.79 Å². The Bertz CT molecular complexity index is 853. The predicted octanol–water partition coefficient (Wildman–Crippen LogP) is 3.90. The fraction of sp³-hybridized carbons (Fsp3) is 0.500. The molecule has 158 valence electrons. The number of thiocarbonyl (C=S) groups is 1. The first-order chi connectivity index (χ1) is 13.8. The summed E-state index contributed by atoms with van der Waals surface area (Å²) in [5.41, 5.74) is 1.57. The maximum absolute atomic E-state index is 12.5. The van der Waals surface area contributed by atoms with E-state index in [0.29, 0.717) is 35.8 Å².